The zero-order chi connectivity index (χ0) is 13.9. The topological polar surface area (TPSA) is 64.6 Å². The number of rotatable bonds is 5. The molecule has 1 aromatic carbocycles. The SMILES string of the molecule is COc1ccc(S(=O)(=O)NCC2CCCO2)cc1C. The molecule has 0 saturated carbocycles. The Bertz CT molecular complexity index is 536. The number of benzene rings is 1. The first kappa shape index (κ1) is 14.3. The van der Waals surface area contributed by atoms with Gasteiger partial charge in [-0.05, 0) is 43.5 Å². The molecule has 1 aliphatic rings. The van der Waals surface area contributed by atoms with Crippen LogP contribution in [0, 0.1) is 6.92 Å². The van der Waals surface area contributed by atoms with Gasteiger partial charge in [0, 0.05) is 13.2 Å². The molecular weight excluding hydrogens is 266 g/mol. The van der Waals surface area contributed by atoms with Gasteiger partial charge in [0.05, 0.1) is 18.1 Å². The van der Waals surface area contributed by atoms with Gasteiger partial charge in [0.25, 0.3) is 0 Å². The largest absolute Gasteiger partial charge is 0.496 e. The van der Waals surface area contributed by atoms with Crippen molar-refractivity contribution in [2.75, 3.05) is 20.3 Å². The molecule has 2 rings (SSSR count). The number of ether oxygens (including phenoxy) is 2. The summed E-state index contributed by atoms with van der Waals surface area (Å²) in [7, 11) is -1.92. The predicted octanol–water partition coefficient (Wildman–Crippen LogP) is 1.46. The van der Waals surface area contributed by atoms with E-state index >= 15 is 0 Å². The minimum Gasteiger partial charge on any atom is -0.496 e. The van der Waals surface area contributed by atoms with Crippen molar-refractivity contribution < 1.29 is 17.9 Å². The van der Waals surface area contributed by atoms with Crippen molar-refractivity contribution in [1.82, 2.24) is 4.72 Å². The number of nitrogens with one attached hydrogen (secondary N) is 1. The monoisotopic (exact) mass is 285 g/mol. The van der Waals surface area contributed by atoms with Gasteiger partial charge in [-0.2, -0.15) is 0 Å². The highest BCUT2D eigenvalue weighted by atomic mass is 32.2. The van der Waals surface area contributed by atoms with Crippen molar-refractivity contribution in [1.29, 1.82) is 0 Å². The number of methoxy groups -OCH3 is 1. The molecule has 106 valence electrons. The van der Waals surface area contributed by atoms with E-state index < -0.39 is 10.0 Å². The summed E-state index contributed by atoms with van der Waals surface area (Å²) >= 11 is 0. The Morgan fingerprint density at radius 1 is 1.47 bits per heavy atom. The summed E-state index contributed by atoms with van der Waals surface area (Å²) < 4.78 is 37.4. The minimum atomic E-state index is -3.48. The summed E-state index contributed by atoms with van der Waals surface area (Å²) in [4.78, 5) is 0.254. The summed E-state index contributed by atoms with van der Waals surface area (Å²) in [6.45, 7) is 2.86. The fourth-order valence-electron chi connectivity index (χ4n) is 2.11. The van der Waals surface area contributed by atoms with Crippen LogP contribution in [0.15, 0.2) is 23.1 Å². The molecule has 19 heavy (non-hydrogen) atoms. The Morgan fingerprint density at radius 3 is 2.84 bits per heavy atom. The number of sulfonamides is 1. The van der Waals surface area contributed by atoms with E-state index in [4.69, 9.17) is 9.47 Å². The van der Waals surface area contributed by atoms with Gasteiger partial charge in [-0.1, -0.05) is 0 Å². The zero-order valence-electron chi connectivity index (χ0n) is 11.2. The van der Waals surface area contributed by atoms with E-state index in [2.05, 4.69) is 4.72 Å². The Balaban J connectivity index is 2.08. The second-order valence-electron chi connectivity index (χ2n) is 4.62. The molecule has 0 radical (unpaired) electrons. The van der Waals surface area contributed by atoms with Crippen LogP contribution in [0.4, 0.5) is 0 Å². The second kappa shape index (κ2) is 5.90. The van der Waals surface area contributed by atoms with Crippen molar-refractivity contribution in [3.05, 3.63) is 23.8 Å². The summed E-state index contributed by atoms with van der Waals surface area (Å²) in [5, 5.41) is 0. The molecule has 1 saturated heterocycles. The Hall–Kier alpha value is -1.11. The fraction of sp³-hybridized carbons (Fsp3) is 0.538. The molecule has 0 bridgehead atoms. The van der Waals surface area contributed by atoms with Crippen LogP contribution in [0.25, 0.3) is 0 Å². The first-order valence-electron chi connectivity index (χ1n) is 6.29. The second-order valence-corrected chi connectivity index (χ2v) is 6.39. The standard InChI is InChI=1S/C13H19NO4S/c1-10-8-12(5-6-13(10)17-2)19(15,16)14-9-11-4-3-7-18-11/h5-6,8,11,14H,3-4,7,9H2,1-2H3. The summed E-state index contributed by atoms with van der Waals surface area (Å²) in [5.41, 5.74) is 0.794. The number of hydrogen-bond acceptors (Lipinski definition) is 4. The number of hydrogen-bond donors (Lipinski definition) is 1. The maximum absolute atomic E-state index is 12.1. The van der Waals surface area contributed by atoms with Gasteiger partial charge in [-0.3, -0.25) is 0 Å². The zero-order valence-corrected chi connectivity index (χ0v) is 12.0. The lowest BCUT2D eigenvalue weighted by Crippen LogP contribution is -2.31. The maximum Gasteiger partial charge on any atom is 0.240 e. The van der Waals surface area contributed by atoms with Crippen molar-refractivity contribution in [2.45, 2.75) is 30.8 Å². The molecule has 0 aromatic heterocycles. The molecule has 1 atom stereocenters. The molecule has 5 nitrogen and oxygen atoms in total. The van der Waals surface area contributed by atoms with E-state index in [9.17, 15) is 8.42 Å². The first-order chi connectivity index (χ1) is 9.03. The molecular formula is C13H19NO4S. The molecule has 1 unspecified atom stereocenters. The van der Waals surface area contributed by atoms with E-state index in [-0.39, 0.29) is 11.0 Å². The van der Waals surface area contributed by atoms with Gasteiger partial charge in [0.1, 0.15) is 5.75 Å². The van der Waals surface area contributed by atoms with Crippen LogP contribution in [-0.4, -0.2) is 34.8 Å². The van der Waals surface area contributed by atoms with Gasteiger partial charge in [0.15, 0.2) is 0 Å². The van der Waals surface area contributed by atoms with Crippen LogP contribution in [0.5, 0.6) is 5.75 Å². The smallest absolute Gasteiger partial charge is 0.240 e. The molecule has 0 amide bonds. The van der Waals surface area contributed by atoms with E-state index in [1.807, 2.05) is 6.92 Å². The Labute approximate surface area is 114 Å². The van der Waals surface area contributed by atoms with Crippen molar-refractivity contribution in [2.24, 2.45) is 0 Å². The van der Waals surface area contributed by atoms with Crippen molar-refractivity contribution >= 4 is 10.0 Å². The molecule has 0 aliphatic carbocycles. The average molecular weight is 285 g/mol. The molecule has 1 N–H and O–H groups in total. The van der Waals surface area contributed by atoms with Crippen LogP contribution >= 0.6 is 0 Å². The molecule has 1 aliphatic heterocycles. The van der Waals surface area contributed by atoms with Gasteiger partial charge >= 0.3 is 0 Å². The Morgan fingerprint density at radius 2 is 2.26 bits per heavy atom. The van der Waals surface area contributed by atoms with Crippen LogP contribution in [0.3, 0.4) is 0 Å². The molecule has 1 heterocycles. The van der Waals surface area contributed by atoms with E-state index in [0.29, 0.717) is 18.9 Å². The summed E-state index contributed by atoms with van der Waals surface area (Å²) in [5.74, 6) is 0.679. The fourth-order valence-corrected chi connectivity index (χ4v) is 3.26. The molecule has 1 fully saturated rings. The molecule has 6 heteroatoms. The van der Waals surface area contributed by atoms with Crippen LogP contribution in [-0.2, 0) is 14.8 Å². The molecule has 1 aromatic rings. The quantitative estimate of drug-likeness (QED) is 0.889. The average Bonchev–Trinajstić information content (AvgIpc) is 2.89. The van der Waals surface area contributed by atoms with E-state index in [1.165, 1.54) is 0 Å². The Kier molecular flexibility index (Phi) is 4.44. The third-order valence-corrected chi connectivity index (χ3v) is 4.62. The van der Waals surface area contributed by atoms with Crippen LogP contribution < -0.4 is 9.46 Å². The van der Waals surface area contributed by atoms with Gasteiger partial charge in [-0.25, -0.2) is 13.1 Å². The summed E-state index contributed by atoms with van der Waals surface area (Å²) in [6, 6.07) is 4.82. The highest BCUT2D eigenvalue weighted by molar-refractivity contribution is 7.89. The van der Waals surface area contributed by atoms with Crippen molar-refractivity contribution in [3.8, 4) is 5.75 Å². The maximum atomic E-state index is 12.1. The molecule has 0 spiro atoms. The number of aryl methyl sites for hydroxylation is 1. The summed E-state index contributed by atoms with van der Waals surface area (Å²) in [6.07, 6.45) is 1.90. The first-order valence-corrected chi connectivity index (χ1v) is 7.77. The lowest BCUT2D eigenvalue weighted by molar-refractivity contribution is 0.114. The van der Waals surface area contributed by atoms with E-state index in [1.54, 1.807) is 25.3 Å². The third-order valence-electron chi connectivity index (χ3n) is 3.20. The van der Waals surface area contributed by atoms with Gasteiger partial charge in [-0.15, -0.1) is 0 Å². The lowest BCUT2D eigenvalue weighted by Gasteiger charge is -2.12. The van der Waals surface area contributed by atoms with Crippen LogP contribution in [0.1, 0.15) is 18.4 Å². The van der Waals surface area contributed by atoms with E-state index in [0.717, 1.165) is 18.4 Å². The highest BCUT2D eigenvalue weighted by Crippen LogP contribution is 2.21. The van der Waals surface area contributed by atoms with Gasteiger partial charge < -0.3 is 9.47 Å². The lowest BCUT2D eigenvalue weighted by atomic mass is 10.2. The van der Waals surface area contributed by atoms with Gasteiger partial charge in [0.2, 0.25) is 10.0 Å². The van der Waals surface area contributed by atoms with Crippen LogP contribution in [0.2, 0.25) is 0 Å². The minimum absolute atomic E-state index is 0.00544. The third kappa shape index (κ3) is 3.46. The van der Waals surface area contributed by atoms with Crippen molar-refractivity contribution in [3.63, 3.8) is 0 Å². The predicted molar refractivity (Wildman–Crippen MR) is 71.9 cm³/mol. The highest BCUT2D eigenvalue weighted by Gasteiger charge is 2.20. The normalized spacial score (nSPS) is 19.6.